The van der Waals surface area contributed by atoms with Crippen molar-refractivity contribution < 1.29 is 14.4 Å². The highest BCUT2D eigenvalue weighted by Gasteiger charge is 2.32. The molecular formula is C27H22N6O3. The minimum Gasteiger partial charge on any atom is -0.481 e. The van der Waals surface area contributed by atoms with Gasteiger partial charge in [0.25, 0.3) is 5.89 Å². The van der Waals surface area contributed by atoms with Gasteiger partial charge >= 0.3 is 5.97 Å². The van der Waals surface area contributed by atoms with Crippen LogP contribution in [-0.2, 0) is 11.3 Å². The first-order chi connectivity index (χ1) is 17.7. The van der Waals surface area contributed by atoms with Gasteiger partial charge in [0.15, 0.2) is 5.82 Å². The Morgan fingerprint density at radius 1 is 0.972 bits per heavy atom. The van der Waals surface area contributed by atoms with Crippen LogP contribution < -0.4 is 0 Å². The van der Waals surface area contributed by atoms with E-state index in [0.717, 1.165) is 22.4 Å². The van der Waals surface area contributed by atoms with Crippen LogP contribution in [-0.4, -0.2) is 54.0 Å². The van der Waals surface area contributed by atoms with Gasteiger partial charge in [-0.25, -0.2) is 9.67 Å². The van der Waals surface area contributed by atoms with E-state index in [4.69, 9.17) is 9.63 Å². The van der Waals surface area contributed by atoms with Gasteiger partial charge < -0.3 is 9.63 Å². The highest BCUT2D eigenvalue weighted by atomic mass is 16.5. The smallest absolute Gasteiger partial charge is 0.309 e. The van der Waals surface area contributed by atoms with Crippen molar-refractivity contribution in [1.82, 2.24) is 29.8 Å². The van der Waals surface area contributed by atoms with Gasteiger partial charge in [-0.1, -0.05) is 65.8 Å². The number of aromatic nitrogens is 5. The molecule has 0 saturated carbocycles. The molecule has 3 aromatic heterocycles. The molecule has 9 heteroatoms. The Hall–Kier alpha value is -4.63. The molecule has 5 aromatic rings. The molecule has 0 atom stereocenters. The van der Waals surface area contributed by atoms with Crippen molar-refractivity contribution in [2.75, 3.05) is 13.1 Å². The van der Waals surface area contributed by atoms with Gasteiger partial charge in [0, 0.05) is 37.0 Å². The number of hydrogen-bond donors (Lipinski definition) is 1. The monoisotopic (exact) mass is 478 g/mol. The third kappa shape index (κ3) is 4.16. The van der Waals surface area contributed by atoms with E-state index in [0.29, 0.717) is 42.7 Å². The van der Waals surface area contributed by atoms with Gasteiger partial charge in [-0.05, 0) is 17.7 Å². The molecule has 0 amide bonds. The maximum Gasteiger partial charge on any atom is 0.309 e. The van der Waals surface area contributed by atoms with Gasteiger partial charge in [0.1, 0.15) is 0 Å². The Morgan fingerprint density at radius 2 is 1.75 bits per heavy atom. The van der Waals surface area contributed by atoms with Crippen molar-refractivity contribution in [3.05, 3.63) is 90.8 Å². The maximum atomic E-state index is 11.0. The molecule has 1 N–H and O–H groups in total. The molecule has 9 nitrogen and oxygen atoms in total. The van der Waals surface area contributed by atoms with E-state index in [1.54, 1.807) is 17.1 Å². The molecule has 1 aliphatic rings. The van der Waals surface area contributed by atoms with Crippen molar-refractivity contribution in [2.45, 2.75) is 6.54 Å². The summed E-state index contributed by atoms with van der Waals surface area (Å²) in [4.78, 5) is 22.2. The van der Waals surface area contributed by atoms with Gasteiger partial charge in [0.2, 0.25) is 5.82 Å². The minimum atomic E-state index is -0.726. The normalized spacial score (nSPS) is 14.0. The summed E-state index contributed by atoms with van der Waals surface area (Å²) in [6, 6.07) is 23.5. The summed E-state index contributed by atoms with van der Waals surface area (Å²) in [6.45, 7) is 1.89. The van der Waals surface area contributed by atoms with Gasteiger partial charge in [-0.15, -0.1) is 0 Å². The van der Waals surface area contributed by atoms with Crippen LogP contribution in [0.5, 0.6) is 0 Å². The second-order valence-corrected chi connectivity index (χ2v) is 8.72. The summed E-state index contributed by atoms with van der Waals surface area (Å²) >= 11 is 0. The lowest BCUT2D eigenvalue weighted by atomic mass is 9.99. The number of hydrogen-bond acceptors (Lipinski definition) is 7. The highest BCUT2D eigenvalue weighted by molar-refractivity contribution is 5.78. The first-order valence-electron chi connectivity index (χ1n) is 11.6. The number of carboxylic acids is 1. The molecule has 178 valence electrons. The number of carboxylic acid groups (broad SMARTS) is 1. The average molecular weight is 479 g/mol. The number of benzene rings is 2. The largest absolute Gasteiger partial charge is 0.481 e. The molecule has 4 heterocycles. The van der Waals surface area contributed by atoms with E-state index in [2.05, 4.69) is 25.1 Å². The zero-order valence-corrected chi connectivity index (χ0v) is 19.2. The SMILES string of the molecule is O=C(O)C1CN(Cc2ccc(-c3noc(-c4cnn(-c5ccccn5)c4-c4ccccc4)n3)cc2)C1. The summed E-state index contributed by atoms with van der Waals surface area (Å²) in [5.74, 6) is 0.557. The highest BCUT2D eigenvalue weighted by Crippen LogP contribution is 2.33. The molecule has 36 heavy (non-hydrogen) atoms. The molecule has 1 fully saturated rings. The Bertz CT molecular complexity index is 1490. The summed E-state index contributed by atoms with van der Waals surface area (Å²) < 4.78 is 7.45. The van der Waals surface area contributed by atoms with Crippen molar-refractivity contribution in [1.29, 1.82) is 0 Å². The fourth-order valence-corrected chi connectivity index (χ4v) is 4.35. The fourth-order valence-electron chi connectivity index (χ4n) is 4.35. The third-order valence-electron chi connectivity index (χ3n) is 6.26. The van der Waals surface area contributed by atoms with Crippen LogP contribution in [0.4, 0.5) is 0 Å². The summed E-state index contributed by atoms with van der Waals surface area (Å²) in [5, 5.41) is 17.8. The van der Waals surface area contributed by atoms with Crippen LogP contribution in [0.1, 0.15) is 5.56 Å². The molecule has 0 radical (unpaired) electrons. The van der Waals surface area contributed by atoms with Gasteiger partial charge in [-0.2, -0.15) is 10.1 Å². The lowest BCUT2D eigenvalue weighted by Gasteiger charge is -2.36. The minimum absolute atomic E-state index is 0.259. The molecule has 0 bridgehead atoms. The van der Waals surface area contributed by atoms with Crippen molar-refractivity contribution in [3.63, 3.8) is 0 Å². The van der Waals surface area contributed by atoms with E-state index in [-0.39, 0.29) is 5.92 Å². The van der Waals surface area contributed by atoms with Crippen LogP contribution >= 0.6 is 0 Å². The third-order valence-corrected chi connectivity index (χ3v) is 6.26. The molecule has 6 rings (SSSR count). The predicted octanol–water partition coefficient (Wildman–Crippen LogP) is 4.17. The molecule has 1 aliphatic heterocycles. The standard InChI is InChI=1S/C27H22N6O3/c34-27(35)21-16-32(17-21)15-18-9-11-20(12-10-18)25-30-26(36-31-25)22-14-29-33(23-8-4-5-13-28-23)24(22)19-6-2-1-3-7-19/h1-14,21H,15-17H2,(H,34,35). The van der Waals surface area contributed by atoms with Crippen molar-refractivity contribution >= 4 is 5.97 Å². The molecule has 1 saturated heterocycles. The average Bonchev–Trinajstić information content (AvgIpc) is 3.55. The van der Waals surface area contributed by atoms with Crippen LogP contribution in [0.2, 0.25) is 0 Å². The number of nitrogens with zero attached hydrogens (tertiary/aromatic N) is 6. The Kier molecular flexibility index (Phi) is 5.59. The van der Waals surface area contributed by atoms with E-state index in [1.165, 1.54) is 0 Å². The zero-order chi connectivity index (χ0) is 24.5. The molecule has 0 spiro atoms. The topological polar surface area (TPSA) is 110 Å². The van der Waals surface area contributed by atoms with E-state index < -0.39 is 5.97 Å². The van der Waals surface area contributed by atoms with Crippen LogP contribution in [0.3, 0.4) is 0 Å². The number of likely N-dealkylation sites (tertiary alicyclic amines) is 1. The number of carbonyl (C=O) groups is 1. The second-order valence-electron chi connectivity index (χ2n) is 8.72. The van der Waals surface area contributed by atoms with E-state index in [1.807, 2.05) is 72.8 Å². The summed E-state index contributed by atoms with van der Waals surface area (Å²) in [5.41, 5.74) is 4.42. The molecule has 0 unspecified atom stereocenters. The Balaban J connectivity index is 1.27. The first kappa shape index (κ1) is 21.9. The summed E-state index contributed by atoms with van der Waals surface area (Å²) in [7, 11) is 0. The van der Waals surface area contributed by atoms with E-state index >= 15 is 0 Å². The molecule has 2 aromatic carbocycles. The van der Waals surface area contributed by atoms with E-state index in [9.17, 15) is 4.79 Å². The second kappa shape index (κ2) is 9.20. The first-order valence-corrected chi connectivity index (χ1v) is 11.6. The lowest BCUT2D eigenvalue weighted by molar-refractivity contribution is -0.147. The van der Waals surface area contributed by atoms with Crippen LogP contribution in [0.25, 0.3) is 39.9 Å². The fraction of sp³-hybridized carbons (Fsp3) is 0.148. The molecular weight excluding hydrogens is 456 g/mol. The predicted molar refractivity (Wildman–Crippen MR) is 132 cm³/mol. The Labute approximate surface area is 206 Å². The van der Waals surface area contributed by atoms with Crippen molar-refractivity contribution in [2.24, 2.45) is 5.92 Å². The van der Waals surface area contributed by atoms with Crippen LogP contribution in [0, 0.1) is 5.92 Å². The number of rotatable bonds is 7. The van der Waals surface area contributed by atoms with Crippen LogP contribution in [0.15, 0.2) is 89.7 Å². The number of aliphatic carboxylic acids is 1. The van der Waals surface area contributed by atoms with Gasteiger partial charge in [0.05, 0.1) is 23.4 Å². The maximum absolute atomic E-state index is 11.0. The lowest BCUT2D eigenvalue weighted by Crippen LogP contribution is -2.49. The van der Waals surface area contributed by atoms with Gasteiger partial charge in [-0.3, -0.25) is 9.69 Å². The Morgan fingerprint density at radius 3 is 2.47 bits per heavy atom. The quantitative estimate of drug-likeness (QED) is 0.371. The van der Waals surface area contributed by atoms with Crippen molar-refractivity contribution in [3.8, 4) is 39.9 Å². The zero-order valence-electron chi connectivity index (χ0n) is 19.2. The number of pyridine rings is 1. The molecule has 0 aliphatic carbocycles. The summed E-state index contributed by atoms with van der Waals surface area (Å²) in [6.07, 6.45) is 3.45.